The molecule has 9 nitrogen and oxygen atoms in total. The number of amides is 1. The number of thiazole rings is 1. The monoisotopic (exact) mass is 398 g/mol. The fourth-order valence-corrected chi connectivity index (χ4v) is 3.87. The third kappa shape index (κ3) is 3.25. The summed E-state index contributed by atoms with van der Waals surface area (Å²) in [5.41, 5.74) is 1.09. The molecule has 0 aliphatic heterocycles. The quantitative estimate of drug-likeness (QED) is 0.377. The van der Waals surface area contributed by atoms with Crippen LogP contribution in [0.2, 0.25) is 0 Å². The fourth-order valence-electron chi connectivity index (χ4n) is 2.85. The van der Waals surface area contributed by atoms with E-state index >= 15 is 0 Å². The lowest BCUT2D eigenvalue weighted by molar-refractivity contribution is -0.384. The number of rotatable bonds is 5. The van der Waals surface area contributed by atoms with Crippen molar-refractivity contribution in [3.63, 3.8) is 0 Å². The number of benzene rings is 2. The zero-order valence-electron chi connectivity index (χ0n) is 14.7. The first-order valence-corrected chi connectivity index (χ1v) is 9.10. The van der Waals surface area contributed by atoms with Gasteiger partial charge >= 0.3 is 5.76 Å². The van der Waals surface area contributed by atoms with Gasteiger partial charge in [0.1, 0.15) is 11.6 Å². The molecule has 0 N–H and O–H groups in total. The maximum Gasteiger partial charge on any atom is 0.420 e. The van der Waals surface area contributed by atoms with E-state index in [1.807, 2.05) is 24.3 Å². The van der Waals surface area contributed by atoms with E-state index in [-0.39, 0.29) is 23.7 Å². The van der Waals surface area contributed by atoms with Crippen LogP contribution in [0.5, 0.6) is 0 Å². The average molecular weight is 398 g/mol. The van der Waals surface area contributed by atoms with Gasteiger partial charge in [0.05, 0.1) is 33.3 Å². The Hall–Kier alpha value is -3.53. The van der Waals surface area contributed by atoms with Gasteiger partial charge in [0, 0.05) is 13.1 Å². The van der Waals surface area contributed by atoms with E-state index in [0.29, 0.717) is 12.1 Å². The van der Waals surface area contributed by atoms with Gasteiger partial charge in [-0.3, -0.25) is 19.5 Å². The summed E-state index contributed by atoms with van der Waals surface area (Å²) in [7, 11) is 1.63. The maximum atomic E-state index is 12.6. The SMILES string of the molecule is CN(Cc1nc2ccccc2s1)C(=O)Cn1c(=O)oc2cc([N+](=O)[O-])ccc21. The summed E-state index contributed by atoms with van der Waals surface area (Å²) in [4.78, 5) is 41.0. The first-order chi connectivity index (χ1) is 13.4. The van der Waals surface area contributed by atoms with Gasteiger partial charge < -0.3 is 9.32 Å². The smallest absolute Gasteiger partial charge is 0.407 e. The summed E-state index contributed by atoms with van der Waals surface area (Å²) in [6.07, 6.45) is 0. The number of hydrogen-bond donors (Lipinski definition) is 0. The molecule has 0 atom stereocenters. The number of carbonyl (C=O) groups excluding carboxylic acids is 1. The van der Waals surface area contributed by atoms with Crippen molar-refractivity contribution in [1.82, 2.24) is 14.5 Å². The van der Waals surface area contributed by atoms with E-state index in [0.717, 1.165) is 19.8 Å². The Morgan fingerprint density at radius 3 is 2.86 bits per heavy atom. The van der Waals surface area contributed by atoms with Crippen LogP contribution >= 0.6 is 11.3 Å². The van der Waals surface area contributed by atoms with Crippen LogP contribution in [0.15, 0.2) is 51.7 Å². The van der Waals surface area contributed by atoms with Crippen molar-refractivity contribution in [2.75, 3.05) is 7.05 Å². The summed E-state index contributed by atoms with van der Waals surface area (Å²) in [5.74, 6) is -1.04. The standard InChI is InChI=1S/C18H14N4O5S/c1-20(9-16-19-12-4-2-3-5-15(12)28-16)17(23)10-21-13-7-6-11(22(25)26)8-14(13)27-18(21)24/h2-8H,9-10H2,1H3. The van der Waals surface area contributed by atoms with E-state index in [1.165, 1.54) is 34.4 Å². The minimum absolute atomic E-state index is 0.0702. The van der Waals surface area contributed by atoms with E-state index in [4.69, 9.17) is 4.42 Å². The van der Waals surface area contributed by atoms with Gasteiger partial charge in [0.2, 0.25) is 5.91 Å². The van der Waals surface area contributed by atoms with E-state index < -0.39 is 10.7 Å². The molecule has 10 heteroatoms. The summed E-state index contributed by atoms with van der Waals surface area (Å²) in [5, 5.41) is 11.6. The van der Waals surface area contributed by atoms with Crippen LogP contribution < -0.4 is 5.76 Å². The predicted molar refractivity (Wildman–Crippen MR) is 103 cm³/mol. The highest BCUT2D eigenvalue weighted by Crippen LogP contribution is 2.23. The van der Waals surface area contributed by atoms with Crippen LogP contribution in [-0.2, 0) is 17.9 Å². The molecular weight excluding hydrogens is 384 g/mol. The average Bonchev–Trinajstić information content (AvgIpc) is 3.21. The van der Waals surface area contributed by atoms with Crippen molar-refractivity contribution in [2.45, 2.75) is 13.1 Å². The highest BCUT2D eigenvalue weighted by Gasteiger charge is 2.18. The molecule has 1 amide bonds. The lowest BCUT2D eigenvalue weighted by Gasteiger charge is -2.15. The molecule has 28 heavy (non-hydrogen) atoms. The van der Waals surface area contributed by atoms with Gasteiger partial charge in [0.25, 0.3) is 5.69 Å². The van der Waals surface area contributed by atoms with Gasteiger partial charge in [-0.25, -0.2) is 9.78 Å². The van der Waals surface area contributed by atoms with Crippen molar-refractivity contribution >= 4 is 44.2 Å². The van der Waals surface area contributed by atoms with Crippen LogP contribution in [0.1, 0.15) is 5.01 Å². The number of carbonyl (C=O) groups is 1. The number of aromatic nitrogens is 2. The molecule has 0 radical (unpaired) electrons. The molecule has 0 fully saturated rings. The molecule has 0 unspecified atom stereocenters. The van der Waals surface area contributed by atoms with Crippen LogP contribution in [-0.4, -0.2) is 32.3 Å². The Labute approximate surface area is 161 Å². The number of non-ortho nitro benzene ring substituents is 1. The summed E-state index contributed by atoms with van der Waals surface area (Å²) < 4.78 is 7.25. The number of nitro benzene ring substituents is 1. The van der Waals surface area contributed by atoms with E-state index in [9.17, 15) is 19.7 Å². The van der Waals surface area contributed by atoms with Crippen molar-refractivity contribution in [3.05, 3.63) is 68.1 Å². The lowest BCUT2D eigenvalue weighted by Crippen LogP contribution is -2.32. The first kappa shape index (κ1) is 17.9. The topological polar surface area (TPSA) is 111 Å². The predicted octanol–water partition coefficient (Wildman–Crippen LogP) is 2.77. The molecule has 0 saturated heterocycles. The molecule has 4 aromatic rings. The van der Waals surface area contributed by atoms with Crippen molar-refractivity contribution in [1.29, 1.82) is 0 Å². The first-order valence-electron chi connectivity index (χ1n) is 8.28. The van der Waals surface area contributed by atoms with E-state index in [2.05, 4.69) is 4.98 Å². The lowest BCUT2D eigenvalue weighted by atomic mass is 10.3. The number of oxazole rings is 1. The molecule has 142 valence electrons. The molecule has 2 aromatic heterocycles. The minimum atomic E-state index is -0.739. The van der Waals surface area contributed by atoms with Gasteiger partial charge in [0.15, 0.2) is 5.58 Å². The normalized spacial score (nSPS) is 11.2. The number of nitro groups is 1. The summed E-state index contributed by atoms with van der Waals surface area (Å²) >= 11 is 1.51. The Morgan fingerprint density at radius 2 is 2.11 bits per heavy atom. The Balaban J connectivity index is 1.54. The van der Waals surface area contributed by atoms with Crippen molar-refractivity contribution in [3.8, 4) is 0 Å². The molecule has 0 aliphatic carbocycles. The Kier molecular flexibility index (Phi) is 4.40. The number of para-hydroxylation sites is 1. The molecule has 4 rings (SSSR count). The number of nitrogens with zero attached hydrogens (tertiary/aromatic N) is 4. The van der Waals surface area contributed by atoms with E-state index in [1.54, 1.807) is 7.05 Å². The second-order valence-electron chi connectivity index (χ2n) is 6.19. The van der Waals surface area contributed by atoms with Gasteiger partial charge in [-0.1, -0.05) is 12.1 Å². The van der Waals surface area contributed by atoms with Gasteiger partial charge in [-0.05, 0) is 18.2 Å². The van der Waals surface area contributed by atoms with Crippen molar-refractivity contribution in [2.24, 2.45) is 0 Å². The van der Waals surface area contributed by atoms with Gasteiger partial charge in [-0.2, -0.15) is 0 Å². The number of fused-ring (bicyclic) bond motifs is 2. The summed E-state index contributed by atoms with van der Waals surface area (Å²) in [6.45, 7) is 0.0826. The second kappa shape index (κ2) is 6.89. The molecule has 2 aromatic carbocycles. The summed E-state index contributed by atoms with van der Waals surface area (Å²) in [6, 6.07) is 11.6. The highest BCUT2D eigenvalue weighted by atomic mass is 32.1. The Bertz CT molecular complexity index is 1240. The van der Waals surface area contributed by atoms with Gasteiger partial charge in [-0.15, -0.1) is 11.3 Å². The van der Waals surface area contributed by atoms with Crippen LogP contribution in [0.25, 0.3) is 21.3 Å². The maximum absolute atomic E-state index is 12.6. The molecule has 0 aliphatic rings. The Morgan fingerprint density at radius 1 is 1.32 bits per heavy atom. The van der Waals surface area contributed by atoms with Crippen LogP contribution in [0.4, 0.5) is 5.69 Å². The number of hydrogen-bond acceptors (Lipinski definition) is 7. The van der Waals surface area contributed by atoms with Crippen molar-refractivity contribution < 1.29 is 14.1 Å². The molecule has 0 bridgehead atoms. The second-order valence-corrected chi connectivity index (χ2v) is 7.30. The third-order valence-electron chi connectivity index (χ3n) is 4.29. The molecule has 0 spiro atoms. The molecule has 2 heterocycles. The minimum Gasteiger partial charge on any atom is -0.407 e. The molecule has 0 saturated carbocycles. The highest BCUT2D eigenvalue weighted by molar-refractivity contribution is 7.18. The van der Waals surface area contributed by atoms with Crippen LogP contribution in [0, 0.1) is 10.1 Å². The zero-order chi connectivity index (χ0) is 19.8. The zero-order valence-corrected chi connectivity index (χ0v) is 15.5. The molecular formula is C18H14N4O5S. The third-order valence-corrected chi connectivity index (χ3v) is 5.31. The fraction of sp³-hybridized carbons (Fsp3) is 0.167. The number of likely N-dealkylation sites (N-methyl/N-ethyl adjacent to an activating group) is 1. The van der Waals surface area contributed by atoms with Crippen LogP contribution in [0.3, 0.4) is 0 Å². The largest absolute Gasteiger partial charge is 0.420 e.